The zero-order chi connectivity index (χ0) is 14.2. The Hall–Kier alpha value is -0.900. The predicted octanol–water partition coefficient (Wildman–Crippen LogP) is 6.33. The van der Waals surface area contributed by atoms with Gasteiger partial charge in [-0.3, -0.25) is 0 Å². The SMILES string of the molecule is FC(F)(F)c1cccc(Cl)c1-c1ccc(Cl)cc1Cl. The van der Waals surface area contributed by atoms with Crippen LogP contribution in [0.5, 0.6) is 0 Å². The lowest BCUT2D eigenvalue weighted by Crippen LogP contribution is -2.07. The smallest absolute Gasteiger partial charge is 0.166 e. The Kier molecular flexibility index (Phi) is 4.00. The molecule has 2 aromatic carbocycles. The zero-order valence-corrected chi connectivity index (χ0v) is 11.5. The first-order chi connectivity index (χ1) is 8.80. The van der Waals surface area contributed by atoms with Crippen molar-refractivity contribution in [2.45, 2.75) is 6.18 Å². The van der Waals surface area contributed by atoms with Gasteiger partial charge in [-0.1, -0.05) is 46.9 Å². The summed E-state index contributed by atoms with van der Waals surface area (Å²) in [5.74, 6) is 0. The van der Waals surface area contributed by atoms with Crippen LogP contribution in [-0.4, -0.2) is 0 Å². The summed E-state index contributed by atoms with van der Waals surface area (Å²) in [6.45, 7) is 0. The van der Waals surface area contributed by atoms with Gasteiger partial charge in [-0.2, -0.15) is 13.2 Å². The average Bonchev–Trinajstić information content (AvgIpc) is 2.28. The van der Waals surface area contributed by atoms with Gasteiger partial charge in [0, 0.05) is 26.2 Å². The standard InChI is InChI=1S/C13H6Cl3F3/c14-7-4-5-8(11(16)6-7)12-9(13(17,18)19)2-1-3-10(12)15/h1-6H. The quantitative estimate of drug-likeness (QED) is 0.574. The molecule has 0 spiro atoms. The normalized spacial score (nSPS) is 11.7. The summed E-state index contributed by atoms with van der Waals surface area (Å²) >= 11 is 17.6. The highest BCUT2D eigenvalue weighted by molar-refractivity contribution is 6.38. The Labute approximate surface area is 122 Å². The second-order valence-corrected chi connectivity index (χ2v) is 5.04. The van der Waals surface area contributed by atoms with Crippen LogP contribution < -0.4 is 0 Å². The van der Waals surface area contributed by atoms with E-state index in [0.29, 0.717) is 5.02 Å². The monoisotopic (exact) mass is 324 g/mol. The Morgan fingerprint density at radius 2 is 1.53 bits per heavy atom. The summed E-state index contributed by atoms with van der Waals surface area (Å²) in [7, 11) is 0. The van der Waals surface area contributed by atoms with Crippen molar-refractivity contribution in [3.63, 3.8) is 0 Å². The molecule has 6 heteroatoms. The Morgan fingerprint density at radius 1 is 0.842 bits per heavy atom. The molecule has 2 rings (SSSR count). The molecule has 0 unspecified atom stereocenters. The average molecular weight is 326 g/mol. The second-order valence-electron chi connectivity index (χ2n) is 3.78. The molecule has 100 valence electrons. The van der Waals surface area contributed by atoms with Crippen LogP contribution in [0, 0.1) is 0 Å². The van der Waals surface area contributed by atoms with Crippen molar-refractivity contribution < 1.29 is 13.2 Å². The topological polar surface area (TPSA) is 0 Å². The summed E-state index contributed by atoms with van der Waals surface area (Å²) < 4.78 is 39.0. The van der Waals surface area contributed by atoms with Crippen molar-refractivity contribution in [3.05, 3.63) is 57.0 Å². The zero-order valence-electron chi connectivity index (χ0n) is 9.23. The molecule has 0 aliphatic rings. The molecule has 0 radical (unpaired) electrons. The third-order valence-electron chi connectivity index (χ3n) is 2.52. The summed E-state index contributed by atoms with van der Waals surface area (Å²) in [5.41, 5.74) is -0.772. The first kappa shape index (κ1) is 14.5. The molecule has 0 fully saturated rings. The van der Waals surface area contributed by atoms with E-state index in [2.05, 4.69) is 0 Å². The molecule has 0 heterocycles. The number of halogens is 6. The third kappa shape index (κ3) is 2.99. The number of benzene rings is 2. The van der Waals surface area contributed by atoms with E-state index in [1.807, 2.05) is 0 Å². The highest BCUT2D eigenvalue weighted by atomic mass is 35.5. The fourth-order valence-corrected chi connectivity index (χ4v) is 2.51. The minimum atomic E-state index is -4.51. The fraction of sp³-hybridized carbons (Fsp3) is 0.0769. The minimum absolute atomic E-state index is 0.0148. The van der Waals surface area contributed by atoms with Crippen molar-refractivity contribution >= 4 is 34.8 Å². The van der Waals surface area contributed by atoms with E-state index in [9.17, 15) is 13.2 Å². The molecule has 0 nitrogen and oxygen atoms in total. The maximum absolute atomic E-state index is 13.0. The van der Waals surface area contributed by atoms with Crippen LogP contribution in [0.25, 0.3) is 11.1 Å². The maximum Gasteiger partial charge on any atom is 0.417 e. The van der Waals surface area contributed by atoms with Crippen molar-refractivity contribution in [1.82, 2.24) is 0 Å². The lowest BCUT2D eigenvalue weighted by Gasteiger charge is -2.15. The number of hydrogen-bond acceptors (Lipinski definition) is 0. The van der Waals surface area contributed by atoms with Crippen LogP contribution in [0.15, 0.2) is 36.4 Å². The van der Waals surface area contributed by atoms with Gasteiger partial charge >= 0.3 is 6.18 Å². The molecule has 0 bridgehead atoms. The molecular formula is C13H6Cl3F3. The Bertz CT molecular complexity index is 621. The van der Waals surface area contributed by atoms with Gasteiger partial charge in [0.25, 0.3) is 0 Å². The molecule has 0 aliphatic carbocycles. The van der Waals surface area contributed by atoms with Gasteiger partial charge in [0.15, 0.2) is 0 Å². The minimum Gasteiger partial charge on any atom is -0.166 e. The summed E-state index contributed by atoms with van der Waals surface area (Å²) in [6.07, 6.45) is -4.51. The summed E-state index contributed by atoms with van der Waals surface area (Å²) in [5, 5.41) is 0.444. The van der Waals surface area contributed by atoms with E-state index in [1.165, 1.54) is 30.3 Å². The van der Waals surface area contributed by atoms with Gasteiger partial charge < -0.3 is 0 Å². The second kappa shape index (κ2) is 5.23. The van der Waals surface area contributed by atoms with Crippen LogP contribution in [0.3, 0.4) is 0 Å². The predicted molar refractivity (Wildman–Crippen MR) is 71.9 cm³/mol. The molecule has 19 heavy (non-hydrogen) atoms. The van der Waals surface area contributed by atoms with Crippen LogP contribution in [0.2, 0.25) is 15.1 Å². The summed E-state index contributed by atoms with van der Waals surface area (Å²) in [6, 6.07) is 7.86. The van der Waals surface area contributed by atoms with Crippen molar-refractivity contribution in [2.24, 2.45) is 0 Å². The molecule has 0 N–H and O–H groups in total. The van der Waals surface area contributed by atoms with Crippen LogP contribution in [0.4, 0.5) is 13.2 Å². The summed E-state index contributed by atoms with van der Waals surface area (Å²) in [4.78, 5) is 0. The first-order valence-corrected chi connectivity index (χ1v) is 6.25. The van der Waals surface area contributed by atoms with E-state index in [4.69, 9.17) is 34.8 Å². The molecule has 0 aliphatic heterocycles. The number of hydrogen-bond donors (Lipinski definition) is 0. The molecule has 0 aromatic heterocycles. The first-order valence-electron chi connectivity index (χ1n) is 5.12. The lowest BCUT2D eigenvalue weighted by molar-refractivity contribution is -0.137. The van der Waals surface area contributed by atoms with Crippen LogP contribution in [-0.2, 0) is 6.18 Å². The number of rotatable bonds is 1. The van der Waals surface area contributed by atoms with E-state index in [1.54, 1.807) is 0 Å². The van der Waals surface area contributed by atoms with Gasteiger partial charge in [-0.05, 0) is 24.3 Å². The molecular weight excluding hydrogens is 319 g/mol. The van der Waals surface area contributed by atoms with Crippen LogP contribution >= 0.6 is 34.8 Å². The van der Waals surface area contributed by atoms with Crippen molar-refractivity contribution in [2.75, 3.05) is 0 Å². The van der Waals surface area contributed by atoms with Gasteiger partial charge in [-0.15, -0.1) is 0 Å². The van der Waals surface area contributed by atoms with Gasteiger partial charge in [0.1, 0.15) is 0 Å². The fourth-order valence-electron chi connectivity index (χ4n) is 1.73. The maximum atomic E-state index is 13.0. The molecule has 0 atom stereocenters. The van der Waals surface area contributed by atoms with Crippen molar-refractivity contribution in [3.8, 4) is 11.1 Å². The Morgan fingerprint density at radius 3 is 2.11 bits per heavy atom. The molecule has 0 saturated carbocycles. The van der Waals surface area contributed by atoms with Gasteiger partial charge in [0.2, 0.25) is 0 Å². The van der Waals surface area contributed by atoms with Gasteiger partial charge in [0.05, 0.1) is 5.56 Å². The largest absolute Gasteiger partial charge is 0.417 e. The Balaban J connectivity index is 2.74. The highest BCUT2D eigenvalue weighted by Gasteiger charge is 2.34. The van der Waals surface area contributed by atoms with Gasteiger partial charge in [-0.25, -0.2) is 0 Å². The van der Waals surface area contributed by atoms with E-state index >= 15 is 0 Å². The molecule has 2 aromatic rings. The van der Waals surface area contributed by atoms with Crippen LogP contribution in [0.1, 0.15) is 5.56 Å². The third-order valence-corrected chi connectivity index (χ3v) is 3.38. The number of alkyl halides is 3. The highest BCUT2D eigenvalue weighted by Crippen LogP contribution is 2.43. The van der Waals surface area contributed by atoms with E-state index < -0.39 is 11.7 Å². The van der Waals surface area contributed by atoms with Crippen molar-refractivity contribution in [1.29, 1.82) is 0 Å². The lowest BCUT2D eigenvalue weighted by atomic mass is 9.99. The van der Waals surface area contributed by atoms with E-state index in [-0.39, 0.29) is 21.2 Å². The molecule has 0 saturated heterocycles. The molecule has 0 amide bonds. The van der Waals surface area contributed by atoms with E-state index in [0.717, 1.165) is 6.07 Å².